The highest BCUT2D eigenvalue weighted by Gasteiger charge is 2.14. The Morgan fingerprint density at radius 3 is 1.61 bits per heavy atom. The van der Waals surface area contributed by atoms with Gasteiger partial charge in [0.1, 0.15) is 0 Å². The molecular formula is C16H20N2. The van der Waals surface area contributed by atoms with Crippen molar-refractivity contribution in [2.24, 2.45) is 5.92 Å². The summed E-state index contributed by atoms with van der Waals surface area (Å²) in [6.45, 7) is 4.55. The van der Waals surface area contributed by atoms with Crippen LogP contribution in [0.1, 0.15) is 43.7 Å². The SMILES string of the molecule is CC(C)CCC(c1ccncc1)c1ccncc1. The Morgan fingerprint density at radius 1 is 0.778 bits per heavy atom. The molecule has 2 nitrogen and oxygen atoms in total. The van der Waals surface area contributed by atoms with E-state index in [1.165, 1.54) is 24.0 Å². The van der Waals surface area contributed by atoms with E-state index in [2.05, 4.69) is 48.1 Å². The van der Waals surface area contributed by atoms with Crippen molar-refractivity contribution in [3.8, 4) is 0 Å². The Balaban J connectivity index is 2.24. The Labute approximate surface area is 109 Å². The third kappa shape index (κ3) is 3.39. The lowest BCUT2D eigenvalue weighted by Gasteiger charge is -2.18. The molecule has 0 amide bonds. The Morgan fingerprint density at radius 2 is 1.22 bits per heavy atom. The normalized spacial score (nSPS) is 11.1. The maximum absolute atomic E-state index is 4.10. The zero-order chi connectivity index (χ0) is 12.8. The Kier molecular flexibility index (Phi) is 4.46. The molecule has 0 saturated heterocycles. The molecule has 0 spiro atoms. The van der Waals surface area contributed by atoms with Crippen molar-refractivity contribution in [2.45, 2.75) is 32.6 Å². The summed E-state index contributed by atoms with van der Waals surface area (Å²) in [7, 11) is 0. The van der Waals surface area contributed by atoms with E-state index in [0.29, 0.717) is 5.92 Å². The van der Waals surface area contributed by atoms with Crippen LogP contribution in [0.3, 0.4) is 0 Å². The fourth-order valence-corrected chi connectivity index (χ4v) is 2.22. The highest BCUT2D eigenvalue weighted by molar-refractivity contribution is 5.29. The van der Waals surface area contributed by atoms with E-state index in [4.69, 9.17) is 0 Å². The highest BCUT2D eigenvalue weighted by Crippen LogP contribution is 2.29. The van der Waals surface area contributed by atoms with Gasteiger partial charge in [-0.25, -0.2) is 0 Å². The van der Waals surface area contributed by atoms with Crippen LogP contribution in [0.2, 0.25) is 0 Å². The van der Waals surface area contributed by atoms with Crippen molar-refractivity contribution in [1.82, 2.24) is 9.97 Å². The molecule has 2 aromatic rings. The molecule has 0 aliphatic carbocycles. The monoisotopic (exact) mass is 240 g/mol. The second-order valence-corrected chi connectivity index (χ2v) is 5.08. The van der Waals surface area contributed by atoms with E-state index in [1.807, 2.05) is 24.8 Å². The number of rotatable bonds is 5. The summed E-state index contributed by atoms with van der Waals surface area (Å²) >= 11 is 0. The molecule has 0 N–H and O–H groups in total. The molecule has 94 valence electrons. The predicted octanol–water partition coefficient (Wildman–Crippen LogP) is 4.04. The zero-order valence-corrected chi connectivity index (χ0v) is 11.1. The van der Waals surface area contributed by atoms with Gasteiger partial charge in [0.2, 0.25) is 0 Å². The van der Waals surface area contributed by atoms with Crippen LogP contribution in [0.4, 0.5) is 0 Å². The van der Waals surface area contributed by atoms with Crippen LogP contribution >= 0.6 is 0 Å². The van der Waals surface area contributed by atoms with Crippen LogP contribution in [0, 0.1) is 5.92 Å². The molecule has 0 aromatic carbocycles. The highest BCUT2D eigenvalue weighted by atomic mass is 14.6. The molecule has 0 radical (unpaired) electrons. The molecule has 0 unspecified atom stereocenters. The van der Waals surface area contributed by atoms with Gasteiger partial charge in [0.15, 0.2) is 0 Å². The second kappa shape index (κ2) is 6.29. The molecule has 0 aliphatic rings. The summed E-state index contributed by atoms with van der Waals surface area (Å²) in [5.41, 5.74) is 2.69. The third-order valence-corrected chi connectivity index (χ3v) is 3.25. The van der Waals surface area contributed by atoms with Gasteiger partial charge in [-0.3, -0.25) is 9.97 Å². The molecule has 0 aliphatic heterocycles. The number of hydrogen-bond acceptors (Lipinski definition) is 2. The van der Waals surface area contributed by atoms with Gasteiger partial charge in [0, 0.05) is 30.7 Å². The topological polar surface area (TPSA) is 25.8 Å². The zero-order valence-electron chi connectivity index (χ0n) is 11.1. The van der Waals surface area contributed by atoms with E-state index < -0.39 is 0 Å². The molecule has 0 atom stereocenters. The average Bonchev–Trinajstić information content (AvgIpc) is 2.41. The lowest BCUT2D eigenvalue weighted by molar-refractivity contribution is 0.528. The van der Waals surface area contributed by atoms with Gasteiger partial charge < -0.3 is 0 Å². The second-order valence-electron chi connectivity index (χ2n) is 5.08. The van der Waals surface area contributed by atoms with E-state index in [1.54, 1.807) is 0 Å². The van der Waals surface area contributed by atoms with Crippen molar-refractivity contribution >= 4 is 0 Å². The Hall–Kier alpha value is -1.70. The van der Waals surface area contributed by atoms with Crippen molar-refractivity contribution in [1.29, 1.82) is 0 Å². The van der Waals surface area contributed by atoms with E-state index in [0.717, 1.165) is 5.92 Å². The Bertz CT molecular complexity index is 412. The first-order valence-corrected chi connectivity index (χ1v) is 6.57. The first kappa shape index (κ1) is 12.7. The minimum Gasteiger partial charge on any atom is -0.265 e. The quantitative estimate of drug-likeness (QED) is 0.788. The standard InChI is InChI=1S/C16H20N2/c1-13(2)3-4-16(14-5-9-17-10-6-14)15-7-11-18-12-8-15/h5-13,16H,3-4H2,1-2H3. The summed E-state index contributed by atoms with van der Waals surface area (Å²) in [4.78, 5) is 8.21. The van der Waals surface area contributed by atoms with Crippen molar-refractivity contribution in [3.63, 3.8) is 0 Å². The summed E-state index contributed by atoms with van der Waals surface area (Å²) in [6, 6.07) is 8.47. The fraction of sp³-hybridized carbons (Fsp3) is 0.375. The maximum atomic E-state index is 4.10. The van der Waals surface area contributed by atoms with Crippen LogP contribution in [0.15, 0.2) is 49.1 Å². The lowest BCUT2D eigenvalue weighted by Crippen LogP contribution is -2.03. The molecule has 0 saturated carbocycles. The number of aromatic nitrogens is 2. The largest absolute Gasteiger partial charge is 0.265 e. The van der Waals surface area contributed by atoms with Crippen molar-refractivity contribution < 1.29 is 0 Å². The van der Waals surface area contributed by atoms with Gasteiger partial charge in [-0.2, -0.15) is 0 Å². The van der Waals surface area contributed by atoms with Crippen LogP contribution < -0.4 is 0 Å². The van der Waals surface area contributed by atoms with Crippen LogP contribution in [-0.2, 0) is 0 Å². The predicted molar refractivity (Wildman–Crippen MR) is 74.4 cm³/mol. The average molecular weight is 240 g/mol. The summed E-state index contributed by atoms with van der Waals surface area (Å²) in [5.74, 6) is 1.19. The first-order chi connectivity index (χ1) is 8.77. The molecule has 0 bridgehead atoms. The van der Waals surface area contributed by atoms with Gasteiger partial charge in [-0.1, -0.05) is 20.3 Å². The molecule has 2 heteroatoms. The molecule has 18 heavy (non-hydrogen) atoms. The molecule has 2 heterocycles. The smallest absolute Gasteiger partial charge is 0.0270 e. The van der Waals surface area contributed by atoms with Gasteiger partial charge in [0.25, 0.3) is 0 Å². The third-order valence-electron chi connectivity index (χ3n) is 3.25. The minimum absolute atomic E-state index is 0.457. The van der Waals surface area contributed by atoms with Crippen molar-refractivity contribution in [2.75, 3.05) is 0 Å². The first-order valence-electron chi connectivity index (χ1n) is 6.57. The maximum Gasteiger partial charge on any atom is 0.0270 e. The number of nitrogens with zero attached hydrogens (tertiary/aromatic N) is 2. The van der Waals surface area contributed by atoms with Gasteiger partial charge in [-0.05, 0) is 47.7 Å². The summed E-state index contributed by atoms with van der Waals surface area (Å²) in [6.07, 6.45) is 9.90. The summed E-state index contributed by atoms with van der Waals surface area (Å²) in [5, 5.41) is 0. The lowest BCUT2D eigenvalue weighted by atomic mass is 9.86. The van der Waals surface area contributed by atoms with E-state index >= 15 is 0 Å². The van der Waals surface area contributed by atoms with Crippen LogP contribution in [0.5, 0.6) is 0 Å². The number of hydrogen-bond donors (Lipinski definition) is 0. The van der Waals surface area contributed by atoms with E-state index in [-0.39, 0.29) is 0 Å². The van der Waals surface area contributed by atoms with Crippen molar-refractivity contribution in [3.05, 3.63) is 60.2 Å². The van der Waals surface area contributed by atoms with Gasteiger partial charge >= 0.3 is 0 Å². The van der Waals surface area contributed by atoms with Gasteiger partial charge in [0.05, 0.1) is 0 Å². The van der Waals surface area contributed by atoms with Crippen LogP contribution in [0.25, 0.3) is 0 Å². The molecule has 0 fully saturated rings. The molecular weight excluding hydrogens is 220 g/mol. The molecule has 2 rings (SSSR count). The fourth-order valence-electron chi connectivity index (χ4n) is 2.22. The van der Waals surface area contributed by atoms with Gasteiger partial charge in [-0.15, -0.1) is 0 Å². The molecule has 2 aromatic heterocycles. The minimum atomic E-state index is 0.457. The van der Waals surface area contributed by atoms with Crippen LogP contribution in [-0.4, -0.2) is 9.97 Å². The number of pyridine rings is 2. The summed E-state index contributed by atoms with van der Waals surface area (Å²) < 4.78 is 0. The van der Waals surface area contributed by atoms with E-state index in [9.17, 15) is 0 Å².